The van der Waals surface area contributed by atoms with E-state index in [2.05, 4.69) is 0 Å². The van der Waals surface area contributed by atoms with Crippen molar-refractivity contribution in [1.29, 1.82) is 0 Å². The molecule has 12 heteroatoms. The Kier molecular flexibility index (Phi) is 5.22. The molecule has 0 aliphatic carbocycles. The van der Waals surface area contributed by atoms with E-state index >= 15 is 0 Å². The summed E-state index contributed by atoms with van der Waals surface area (Å²) in [6, 6.07) is 0. The first-order valence-corrected chi connectivity index (χ1v) is 5.90. The van der Waals surface area contributed by atoms with Crippen LogP contribution in [-0.2, 0) is 11.0 Å². The SMILES string of the molecule is O=C(/C=C(\O)c1c(Cl)c(F)c(C(F)(F)F)c(F)c1Cl)C(F)(F)F. The molecular weight excluding hydrogens is 387 g/mol. The Hall–Kier alpha value is -1.55. The van der Waals surface area contributed by atoms with Crippen molar-refractivity contribution < 1.29 is 45.0 Å². The number of hydrogen-bond donors (Lipinski definition) is 1. The van der Waals surface area contributed by atoms with Gasteiger partial charge in [-0.3, -0.25) is 4.79 Å². The zero-order valence-corrected chi connectivity index (χ0v) is 11.7. The third-order valence-corrected chi connectivity index (χ3v) is 3.06. The number of ketones is 1. The molecule has 0 spiro atoms. The van der Waals surface area contributed by atoms with Crippen molar-refractivity contribution in [3.05, 3.63) is 38.9 Å². The molecule has 0 bridgehead atoms. The van der Waals surface area contributed by atoms with Crippen molar-refractivity contribution in [2.75, 3.05) is 0 Å². The lowest BCUT2D eigenvalue weighted by Crippen LogP contribution is -2.20. The quantitative estimate of drug-likeness (QED) is 0.322. The van der Waals surface area contributed by atoms with Crippen molar-refractivity contribution in [2.24, 2.45) is 0 Å². The molecule has 0 aliphatic rings. The van der Waals surface area contributed by atoms with Gasteiger partial charge in [-0.25, -0.2) is 8.78 Å². The lowest BCUT2D eigenvalue weighted by atomic mass is 10.1. The first kappa shape index (κ1) is 19.5. The Balaban J connectivity index is 3.64. The fourth-order valence-electron chi connectivity index (χ4n) is 1.38. The van der Waals surface area contributed by atoms with Crippen LogP contribution >= 0.6 is 23.2 Å². The Labute approximate surface area is 131 Å². The average Bonchev–Trinajstić information content (AvgIpc) is 2.34. The standard InChI is InChI=1S/C11H2Cl2F8O2/c12-6-4(2(22)1-3(23)10(16,17)18)7(13)9(15)5(8(6)14)11(19,20)21/h1,22H/b2-1-. The lowest BCUT2D eigenvalue weighted by Gasteiger charge is -2.15. The predicted octanol–water partition coefficient (Wildman–Crippen LogP) is 5.32. The summed E-state index contributed by atoms with van der Waals surface area (Å²) in [5, 5.41) is 6.11. The van der Waals surface area contributed by atoms with Gasteiger partial charge in [0.1, 0.15) is 11.3 Å². The molecule has 1 rings (SSSR count). The van der Waals surface area contributed by atoms with E-state index in [9.17, 15) is 45.0 Å². The van der Waals surface area contributed by atoms with Crippen LogP contribution in [0.3, 0.4) is 0 Å². The van der Waals surface area contributed by atoms with Gasteiger partial charge < -0.3 is 5.11 Å². The predicted molar refractivity (Wildman–Crippen MR) is 63.0 cm³/mol. The number of rotatable bonds is 2. The number of aliphatic hydroxyl groups excluding tert-OH is 1. The number of allylic oxidation sites excluding steroid dienone is 1. The van der Waals surface area contributed by atoms with Crippen molar-refractivity contribution in [1.82, 2.24) is 0 Å². The van der Waals surface area contributed by atoms with Crippen LogP contribution in [0.25, 0.3) is 5.76 Å². The molecular formula is C11H2Cl2F8O2. The van der Waals surface area contributed by atoms with Gasteiger partial charge >= 0.3 is 12.4 Å². The number of benzene rings is 1. The van der Waals surface area contributed by atoms with Crippen LogP contribution in [0.15, 0.2) is 6.08 Å². The number of hydrogen-bond acceptors (Lipinski definition) is 2. The fourth-order valence-corrected chi connectivity index (χ4v) is 2.00. The zero-order chi connectivity index (χ0) is 18.3. The summed E-state index contributed by atoms with van der Waals surface area (Å²) in [5.41, 5.74) is -3.92. The zero-order valence-electron chi connectivity index (χ0n) is 10.2. The lowest BCUT2D eigenvalue weighted by molar-refractivity contribution is -0.165. The molecule has 23 heavy (non-hydrogen) atoms. The molecule has 0 aliphatic heterocycles. The van der Waals surface area contributed by atoms with Gasteiger partial charge in [0.15, 0.2) is 11.6 Å². The molecule has 128 valence electrons. The van der Waals surface area contributed by atoms with Crippen LogP contribution < -0.4 is 0 Å². The highest BCUT2D eigenvalue weighted by Gasteiger charge is 2.42. The van der Waals surface area contributed by atoms with Crippen molar-refractivity contribution in [2.45, 2.75) is 12.4 Å². The first-order valence-electron chi connectivity index (χ1n) is 5.14. The number of aliphatic hydroxyl groups is 1. The topological polar surface area (TPSA) is 37.3 Å². The highest BCUT2D eigenvalue weighted by Crippen LogP contribution is 2.43. The Morgan fingerprint density at radius 2 is 1.35 bits per heavy atom. The molecule has 0 unspecified atom stereocenters. The molecule has 0 saturated carbocycles. The summed E-state index contributed by atoms with van der Waals surface area (Å²) in [6.45, 7) is 0. The molecule has 1 N–H and O–H groups in total. The molecule has 0 fully saturated rings. The van der Waals surface area contributed by atoms with Gasteiger partial charge in [-0.2, -0.15) is 26.3 Å². The molecule has 1 aromatic carbocycles. The minimum atomic E-state index is -5.55. The minimum Gasteiger partial charge on any atom is -0.507 e. The molecule has 0 heterocycles. The number of carbonyl (C=O) groups is 1. The van der Waals surface area contributed by atoms with E-state index in [-0.39, 0.29) is 0 Å². The molecule has 0 amide bonds. The minimum absolute atomic E-state index is 0.529. The van der Waals surface area contributed by atoms with Gasteiger partial charge in [-0.15, -0.1) is 0 Å². The van der Waals surface area contributed by atoms with E-state index in [0.717, 1.165) is 0 Å². The Morgan fingerprint density at radius 3 is 1.65 bits per heavy atom. The maximum absolute atomic E-state index is 13.5. The molecule has 0 saturated heterocycles. The van der Waals surface area contributed by atoms with Crippen molar-refractivity contribution >= 4 is 34.7 Å². The average molecular weight is 389 g/mol. The van der Waals surface area contributed by atoms with E-state index in [1.165, 1.54) is 0 Å². The van der Waals surface area contributed by atoms with Crippen LogP contribution in [0, 0.1) is 11.6 Å². The molecule has 1 aromatic rings. The summed E-state index contributed by atoms with van der Waals surface area (Å²) in [5.74, 6) is -9.22. The second-order valence-corrected chi connectivity index (χ2v) is 4.65. The second-order valence-electron chi connectivity index (χ2n) is 3.90. The van der Waals surface area contributed by atoms with Crippen LogP contribution in [0.2, 0.25) is 10.0 Å². The van der Waals surface area contributed by atoms with E-state index in [1.54, 1.807) is 0 Å². The van der Waals surface area contributed by atoms with Gasteiger partial charge in [0, 0.05) is 6.08 Å². The van der Waals surface area contributed by atoms with Crippen LogP contribution in [0.4, 0.5) is 35.1 Å². The van der Waals surface area contributed by atoms with Gasteiger partial charge in [-0.05, 0) is 0 Å². The van der Waals surface area contributed by atoms with Crippen LogP contribution in [-0.4, -0.2) is 17.1 Å². The highest BCUT2D eigenvalue weighted by atomic mass is 35.5. The smallest absolute Gasteiger partial charge is 0.454 e. The number of halogens is 10. The largest absolute Gasteiger partial charge is 0.507 e. The Bertz CT molecular complexity index is 662. The summed E-state index contributed by atoms with van der Waals surface area (Å²) < 4.78 is 101. The van der Waals surface area contributed by atoms with E-state index in [0.29, 0.717) is 0 Å². The molecule has 0 radical (unpaired) electrons. The van der Waals surface area contributed by atoms with E-state index in [1.807, 2.05) is 0 Å². The third kappa shape index (κ3) is 3.86. The van der Waals surface area contributed by atoms with Gasteiger partial charge in [0.05, 0.1) is 15.6 Å². The normalized spacial score (nSPS) is 13.4. The van der Waals surface area contributed by atoms with E-state index in [4.69, 9.17) is 23.2 Å². The summed E-state index contributed by atoms with van der Waals surface area (Å²) in [4.78, 5) is 10.7. The fraction of sp³-hybridized carbons (Fsp3) is 0.182. The molecule has 0 atom stereocenters. The monoisotopic (exact) mass is 388 g/mol. The van der Waals surface area contributed by atoms with E-state index < -0.39 is 62.8 Å². The number of carbonyl (C=O) groups excluding carboxylic acids is 1. The van der Waals surface area contributed by atoms with Gasteiger partial charge in [0.25, 0.3) is 5.78 Å². The van der Waals surface area contributed by atoms with Crippen LogP contribution in [0.5, 0.6) is 0 Å². The maximum atomic E-state index is 13.5. The molecule has 2 nitrogen and oxygen atoms in total. The highest BCUT2D eigenvalue weighted by molar-refractivity contribution is 6.38. The third-order valence-electron chi connectivity index (χ3n) is 2.35. The van der Waals surface area contributed by atoms with Gasteiger partial charge in [0.2, 0.25) is 0 Å². The Morgan fingerprint density at radius 1 is 0.957 bits per heavy atom. The summed E-state index contributed by atoms with van der Waals surface area (Å²) in [7, 11) is 0. The number of alkyl halides is 6. The summed E-state index contributed by atoms with van der Waals surface area (Å²) in [6.07, 6.45) is -11.5. The van der Waals surface area contributed by atoms with Gasteiger partial charge in [-0.1, -0.05) is 23.2 Å². The van der Waals surface area contributed by atoms with Crippen molar-refractivity contribution in [3.8, 4) is 0 Å². The maximum Gasteiger partial charge on any atom is 0.454 e. The van der Waals surface area contributed by atoms with Crippen LogP contribution in [0.1, 0.15) is 11.1 Å². The summed E-state index contributed by atoms with van der Waals surface area (Å²) >= 11 is 10.3. The first-order chi connectivity index (χ1) is 10.2. The molecule has 0 aromatic heterocycles. The second kappa shape index (κ2) is 6.16. The van der Waals surface area contributed by atoms with Crippen molar-refractivity contribution in [3.63, 3.8) is 0 Å².